The molecule has 100 valence electrons. The van der Waals surface area contributed by atoms with Crippen molar-refractivity contribution in [3.05, 3.63) is 51.7 Å². The number of benzene rings is 1. The number of amides is 1. The van der Waals surface area contributed by atoms with Crippen LogP contribution in [0, 0.1) is 6.92 Å². The molecule has 0 saturated heterocycles. The van der Waals surface area contributed by atoms with Crippen LogP contribution in [0.5, 0.6) is 5.75 Å². The Labute approximate surface area is 117 Å². The fourth-order valence-electron chi connectivity index (χ4n) is 2.14. The summed E-state index contributed by atoms with van der Waals surface area (Å²) in [5, 5.41) is 4.91. The van der Waals surface area contributed by atoms with Crippen molar-refractivity contribution in [3.63, 3.8) is 0 Å². The van der Waals surface area contributed by atoms with Crippen LogP contribution in [0.3, 0.4) is 0 Å². The molecule has 1 amide bonds. The quantitative estimate of drug-likeness (QED) is 0.823. The Kier molecular flexibility index (Phi) is 4.58. The molecule has 0 saturated carbocycles. The van der Waals surface area contributed by atoms with Gasteiger partial charge in [0.2, 0.25) is 6.41 Å². The van der Waals surface area contributed by atoms with Crippen molar-refractivity contribution in [2.45, 2.75) is 19.4 Å². The number of nitrogens with one attached hydrogen (secondary N) is 1. The zero-order chi connectivity index (χ0) is 13.7. The molecule has 0 spiro atoms. The van der Waals surface area contributed by atoms with Gasteiger partial charge in [-0.1, -0.05) is 18.2 Å². The van der Waals surface area contributed by atoms with Crippen LogP contribution < -0.4 is 10.1 Å². The van der Waals surface area contributed by atoms with Crippen molar-refractivity contribution in [3.8, 4) is 5.75 Å². The molecule has 0 fully saturated rings. The summed E-state index contributed by atoms with van der Waals surface area (Å²) in [6.07, 6.45) is 1.53. The maximum absolute atomic E-state index is 10.8. The van der Waals surface area contributed by atoms with Crippen LogP contribution in [0.15, 0.2) is 35.7 Å². The van der Waals surface area contributed by atoms with Gasteiger partial charge in [0.1, 0.15) is 5.75 Å². The molecule has 0 radical (unpaired) electrons. The Bertz CT molecular complexity index is 537. The largest absolute Gasteiger partial charge is 0.496 e. The smallest absolute Gasteiger partial charge is 0.207 e. The van der Waals surface area contributed by atoms with Crippen molar-refractivity contribution in [1.29, 1.82) is 0 Å². The monoisotopic (exact) mass is 275 g/mol. The number of methoxy groups -OCH3 is 1. The number of carbonyl (C=O) groups excluding carboxylic acids is 1. The molecule has 3 nitrogen and oxygen atoms in total. The molecular formula is C15H17NO2S. The number of rotatable bonds is 6. The molecule has 0 bridgehead atoms. The average Bonchev–Trinajstić information content (AvgIpc) is 2.94. The van der Waals surface area contributed by atoms with Crippen LogP contribution in [-0.4, -0.2) is 13.5 Å². The van der Waals surface area contributed by atoms with E-state index in [-0.39, 0.29) is 6.04 Å². The summed E-state index contributed by atoms with van der Waals surface area (Å²) in [5.41, 5.74) is 2.31. The molecule has 2 aromatic rings. The molecular weight excluding hydrogens is 258 g/mol. The van der Waals surface area contributed by atoms with E-state index in [0.29, 0.717) is 0 Å². The zero-order valence-corrected chi connectivity index (χ0v) is 11.9. The van der Waals surface area contributed by atoms with Gasteiger partial charge < -0.3 is 10.1 Å². The lowest BCUT2D eigenvalue weighted by Crippen LogP contribution is -2.21. The van der Waals surface area contributed by atoms with E-state index in [9.17, 15) is 4.79 Å². The van der Waals surface area contributed by atoms with Gasteiger partial charge in [-0.2, -0.15) is 0 Å². The van der Waals surface area contributed by atoms with E-state index in [1.54, 1.807) is 18.4 Å². The number of ether oxygens (including phenoxy) is 1. The first-order valence-electron chi connectivity index (χ1n) is 6.12. The van der Waals surface area contributed by atoms with Gasteiger partial charge in [-0.3, -0.25) is 4.79 Å². The molecule has 0 aliphatic heterocycles. The lowest BCUT2D eigenvalue weighted by atomic mass is 9.99. The minimum atomic E-state index is 0.0170. The SMILES string of the molecule is COc1cccc(CC(NC=O)c2cccs2)c1C. The molecule has 19 heavy (non-hydrogen) atoms. The minimum absolute atomic E-state index is 0.0170. The standard InChI is InChI=1S/C15H17NO2S/c1-11-12(5-3-6-14(11)18-2)9-13(16-10-17)15-7-4-8-19-15/h3-8,10,13H,9H2,1-2H3,(H,16,17). The van der Waals surface area contributed by atoms with Crippen LogP contribution in [-0.2, 0) is 11.2 Å². The summed E-state index contributed by atoms with van der Waals surface area (Å²) in [6, 6.07) is 10.1. The summed E-state index contributed by atoms with van der Waals surface area (Å²) < 4.78 is 5.33. The second kappa shape index (κ2) is 6.38. The van der Waals surface area contributed by atoms with Crippen LogP contribution in [0.2, 0.25) is 0 Å². The third kappa shape index (κ3) is 3.15. The van der Waals surface area contributed by atoms with Gasteiger partial charge in [-0.25, -0.2) is 0 Å². The number of hydrogen-bond donors (Lipinski definition) is 1. The van der Waals surface area contributed by atoms with Gasteiger partial charge in [0.15, 0.2) is 0 Å². The predicted molar refractivity (Wildman–Crippen MR) is 77.7 cm³/mol. The molecule has 2 rings (SSSR count). The highest BCUT2D eigenvalue weighted by molar-refractivity contribution is 7.10. The molecule has 1 unspecified atom stereocenters. The van der Waals surface area contributed by atoms with E-state index < -0.39 is 0 Å². The van der Waals surface area contributed by atoms with Crippen molar-refractivity contribution in [1.82, 2.24) is 5.32 Å². The highest BCUT2D eigenvalue weighted by Crippen LogP contribution is 2.27. The highest BCUT2D eigenvalue weighted by atomic mass is 32.1. The van der Waals surface area contributed by atoms with Crippen LogP contribution >= 0.6 is 11.3 Å². The maximum atomic E-state index is 10.8. The van der Waals surface area contributed by atoms with Crippen molar-refractivity contribution >= 4 is 17.7 Å². The molecule has 1 aromatic carbocycles. The molecule has 1 atom stereocenters. The van der Waals surface area contributed by atoms with Gasteiger partial charge in [-0.05, 0) is 42.0 Å². The molecule has 1 heterocycles. The first-order valence-corrected chi connectivity index (χ1v) is 6.99. The van der Waals surface area contributed by atoms with Crippen molar-refractivity contribution < 1.29 is 9.53 Å². The first-order chi connectivity index (χ1) is 9.26. The normalized spacial score (nSPS) is 11.9. The van der Waals surface area contributed by atoms with Gasteiger partial charge >= 0.3 is 0 Å². The van der Waals surface area contributed by atoms with Crippen molar-refractivity contribution in [2.75, 3.05) is 7.11 Å². The maximum Gasteiger partial charge on any atom is 0.207 e. The van der Waals surface area contributed by atoms with E-state index in [4.69, 9.17) is 4.74 Å². The Balaban J connectivity index is 2.24. The van der Waals surface area contributed by atoms with Crippen LogP contribution in [0.25, 0.3) is 0 Å². The Hall–Kier alpha value is -1.81. The lowest BCUT2D eigenvalue weighted by Gasteiger charge is -2.17. The topological polar surface area (TPSA) is 38.3 Å². The minimum Gasteiger partial charge on any atom is -0.496 e. The summed E-state index contributed by atoms with van der Waals surface area (Å²) >= 11 is 1.65. The fraction of sp³-hybridized carbons (Fsp3) is 0.267. The highest BCUT2D eigenvalue weighted by Gasteiger charge is 2.14. The third-order valence-corrected chi connectivity index (χ3v) is 4.18. The number of thiophene rings is 1. The number of hydrogen-bond acceptors (Lipinski definition) is 3. The Morgan fingerprint density at radius 2 is 2.21 bits per heavy atom. The predicted octanol–water partition coefficient (Wildman–Crippen LogP) is 3.09. The Morgan fingerprint density at radius 1 is 1.37 bits per heavy atom. The summed E-state index contributed by atoms with van der Waals surface area (Å²) in [7, 11) is 1.67. The van der Waals surface area contributed by atoms with Gasteiger partial charge in [0.05, 0.1) is 13.2 Å². The van der Waals surface area contributed by atoms with E-state index in [2.05, 4.69) is 11.4 Å². The second-order valence-electron chi connectivity index (χ2n) is 4.30. The average molecular weight is 275 g/mol. The zero-order valence-electron chi connectivity index (χ0n) is 11.1. The summed E-state index contributed by atoms with van der Waals surface area (Å²) in [4.78, 5) is 11.9. The molecule has 1 aromatic heterocycles. The van der Waals surface area contributed by atoms with E-state index in [0.717, 1.165) is 29.0 Å². The fourth-order valence-corrected chi connectivity index (χ4v) is 2.92. The van der Waals surface area contributed by atoms with Gasteiger partial charge in [-0.15, -0.1) is 11.3 Å². The molecule has 0 aliphatic carbocycles. The van der Waals surface area contributed by atoms with E-state index in [1.165, 1.54) is 5.56 Å². The van der Waals surface area contributed by atoms with Crippen molar-refractivity contribution in [2.24, 2.45) is 0 Å². The lowest BCUT2D eigenvalue weighted by molar-refractivity contribution is -0.110. The van der Waals surface area contributed by atoms with Crippen LogP contribution in [0.4, 0.5) is 0 Å². The molecule has 0 aliphatic rings. The first kappa shape index (κ1) is 13.6. The second-order valence-corrected chi connectivity index (χ2v) is 5.28. The number of carbonyl (C=O) groups is 1. The molecule has 1 N–H and O–H groups in total. The third-order valence-electron chi connectivity index (χ3n) is 3.20. The molecule has 4 heteroatoms. The van der Waals surface area contributed by atoms with Gasteiger partial charge in [0.25, 0.3) is 0 Å². The van der Waals surface area contributed by atoms with E-state index in [1.807, 2.05) is 36.6 Å². The van der Waals surface area contributed by atoms with Crippen LogP contribution in [0.1, 0.15) is 22.0 Å². The summed E-state index contributed by atoms with van der Waals surface area (Å²) in [6.45, 7) is 2.04. The summed E-state index contributed by atoms with van der Waals surface area (Å²) in [5.74, 6) is 0.883. The van der Waals surface area contributed by atoms with Gasteiger partial charge in [0, 0.05) is 4.88 Å². The Morgan fingerprint density at radius 3 is 2.84 bits per heavy atom. The van der Waals surface area contributed by atoms with E-state index >= 15 is 0 Å².